The van der Waals surface area contributed by atoms with E-state index in [1.165, 1.54) is 11.4 Å². The average molecular weight is 514 g/mol. The maximum absolute atomic E-state index is 14.6. The summed E-state index contributed by atoms with van der Waals surface area (Å²) in [6.07, 6.45) is -4.73. The number of aryl methyl sites for hydroxylation is 1. The fraction of sp³-hybridized carbons (Fsp3) is 0.292. The Balaban J connectivity index is 1.58. The molecule has 0 N–H and O–H groups in total. The van der Waals surface area contributed by atoms with Gasteiger partial charge in [-0.3, -0.25) is 4.79 Å². The summed E-state index contributed by atoms with van der Waals surface area (Å²) in [5.74, 6) is -2.65. The van der Waals surface area contributed by atoms with Crippen molar-refractivity contribution in [2.45, 2.75) is 32.5 Å². The highest BCUT2D eigenvalue weighted by Crippen LogP contribution is 2.44. The van der Waals surface area contributed by atoms with Gasteiger partial charge in [0, 0.05) is 12.0 Å². The Morgan fingerprint density at radius 1 is 1.09 bits per heavy atom. The van der Waals surface area contributed by atoms with Crippen molar-refractivity contribution in [2.24, 2.45) is 0 Å². The Morgan fingerprint density at radius 2 is 1.80 bits per heavy atom. The minimum Gasteiger partial charge on any atom is -0.483 e. The number of carbonyl (C=O) groups is 1. The fourth-order valence-electron chi connectivity index (χ4n) is 3.59. The summed E-state index contributed by atoms with van der Waals surface area (Å²) in [5, 5.41) is 1.31. The lowest BCUT2D eigenvalue weighted by molar-refractivity contribution is -0.143. The molecule has 0 atom stereocenters. The standard InChI is InChI=1S/C24H19F5O5S/c1-2-31-21(30)6-3-13-7-17(25)22(18(26)8-13)32-10-15-16(11-35-23(15)24(27,28)29)14-4-5-19-20(9-14)34-12-33-19/h4-5,7-9,11H,2-3,6,10,12H2,1H3. The number of fused-ring (bicyclic) bond motifs is 1. The first kappa shape index (κ1) is 24.8. The van der Waals surface area contributed by atoms with E-state index in [0.29, 0.717) is 28.4 Å². The van der Waals surface area contributed by atoms with Crippen LogP contribution in [0.1, 0.15) is 29.3 Å². The molecule has 2 aromatic carbocycles. The van der Waals surface area contributed by atoms with E-state index in [1.807, 2.05) is 0 Å². The molecule has 35 heavy (non-hydrogen) atoms. The van der Waals surface area contributed by atoms with Crippen LogP contribution in [0.4, 0.5) is 22.0 Å². The number of esters is 1. The SMILES string of the molecule is CCOC(=O)CCc1cc(F)c(OCc2c(-c3ccc4c(c3)OCO4)csc2C(F)(F)F)c(F)c1. The molecule has 2 heterocycles. The van der Waals surface area contributed by atoms with Crippen molar-refractivity contribution in [2.75, 3.05) is 13.4 Å². The monoisotopic (exact) mass is 514 g/mol. The third kappa shape index (κ3) is 5.50. The smallest absolute Gasteiger partial charge is 0.426 e. The van der Waals surface area contributed by atoms with E-state index < -0.39 is 41.0 Å². The van der Waals surface area contributed by atoms with E-state index in [4.69, 9.17) is 18.9 Å². The van der Waals surface area contributed by atoms with Crippen LogP contribution in [-0.4, -0.2) is 19.4 Å². The molecule has 0 aliphatic carbocycles. The van der Waals surface area contributed by atoms with Crippen LogP contribution in [-0.2, 0) is 28.7 Å². The maximum Gasteiger partial charge on any atom is 0.426 e. The third-order valence-corrected chi connectivity index (χ3v) is 6.24. The van der Waals surface area contributed by atoms with Gasteiger partial charge in [0.1, 0.15) is 11.5 Å². The lowest BCUT2D eigenvalue weighted by atomic mass is 10.0. The second-order valence-electron chi connectivity index (χ2n) is 7.51. The summed E-state index contributed by atoms with van der Waals surface area (Å²) in [7, 11) is 0. The summed E-state index contributed by atoms with van der Waals surface area (Å²) in [5.41, 5.74) is 0.543. The number of thiophene rings is 1. The van der Waals surface area contributed by atoms with Crippen LogP contribution in [0.15, 0.2) is 35.7 Å². The van der Waals surface area contributed by atoms with Crippen LogP contribution in [0.3, 0.4) is 0 Å². The van der Waals surface area contributed by atoms with Crippen molar-refractivity contribution in [1.29, 1.82) is 0 Å². The minimum absolute atomic E-state index is 0.000526. The molecule has 4 rings (SSSR count). The van der Waals surface area contributed by atoms with Gasteiger partial charge in [-0.2, -0.15) is 13.2 Å². The summed E-state index contributed by atoms with van der Waals surface area (Å²) in [4.78, 5) is 10.5. The Morgan fingerprint density at radius 3 is 2.49 bits per heavy atom. The summed E-state index contributed by atoms with van der Waals surface area (Å²) >= 11 is 0.462. The Kier molecular flexibility index (Phi) is 7.15. The largest absolute Gasteiger partial charge is 0.483 e. The van der Waals surface area contributed by atoms with E-state index >= 15 is 0 Å². The van der Waals surface area contributed by atoms with Crippen molar-refractivity contribution in [3.8, 4) is 28.4 Å². The van der Waals surface area contributed by atoms with Crippen molar-refractivity contribution in [3.63, 3.8) is 0 Å². The molecular weight excluding hydrogens is 495 g/mol. The van der Waals surface area contributed by atoms with Gasteiger partial charge in [0.15, 0.2) is 28.9 Å². The third-order valence-electron chi connectivity index (χ3n) is 5.18. The Hall–Kier alpha value is -3.34. The predicted octanol–water partition coefficient (Wildman–Crippen LogP) is 6.52. The second-order valence-corrected chi connectivity index (χ2v) is 8.38. The van der Waals surface area contributed by atoms with Crippen LogP contribution < -0.4 is 14.2 Å². The van der Waals surface area contributed by atoms with Crippen molar-refractivity contribution < 1.29 is 45.7 Å². The molecule has 0 amide bonds. The topological polar surface area (TPSA) is 54.0 Å². The average Bonchev–Trinajstić information content (AvgIpc) is 3.43. The zero-order valence-electron chi connectivity index (χ0n) is 18.3. The van der Waals surface area contributed by atoms with E-state index in [2.05, 4.69) is 0 Å². The molecule has 1 aromatic heterocycles. The molecule has 0 bridgehead atoms. The van der Waals surface area contributed by atoms with Gasteiger partial charge in [-0.25, -0.2) is 8.78 Å². The van der Waals surface area contributed by atoms with Gasteiger partial charge >= 0.3 is 12.1 Å². The normalized spacial score (nSPS) is 12.6. The van der Waals surface area contributed by atoms with E-state index in [1.54, 1.807) is 19.1 Å². The molecular formula is C24H19F5O5S. The molecule has 186 valence electrons. The van der Waals surface area contributed by atoms with Crippen LogP contribution >= 0.6 is 11.3 Å². The molecule has 0 unspecified atom stereocenters. The molecule has 1 aliphatic rings. The Bertz CT molecular complexity index is 1210. The van der Waals surface area contributed by atoms with Crippen molar-refractivity contribution in [3.05, 3.63) is 63.4 Å². The lowest BCUT2D eigenvalue weighted by Crippen LogP contribution is -2.10. The zero-order valence-corrected chi connectivity index (χ0v) is 19.2. The fourth-order valence-corrected chi connectivity index (χ4v) is 4.55. The van der Waals surface area contributed by atoms with Gasteiger partial charge in [-0.15, -0.1) is 11.3 Å². The summed E-state index contributed by atoms with van der Waals surface area (Å²) in [6.45, 7) is 1.10. The van der Waals surface area contributed by atoms with E-state index in [-0.39, 0.29) is 42.9 Å². The van der Waals surface area contributed by atoms with Crippen LogP contribution in [0.5, 0.6) is 17.2 Å². The van der Waals surface area contributed by atoms with E-state index in [9.17, 15) is 26.7 Å². The Labute approximate surface area is 201 Å². The van der Waals surface area contributed by atoms with Gasteiger partial charge in [-0.1, -0.05) is 6.07 Å². The molecule has 0 spiro atoms. The quantitative estimate of drug-likeness (QED) is 0.253. The van der Waals surface area contributed by atoms with Gasteiger partial charge in [-0.05, 0) is 59.7 Å². The molecule has 0 saturated carbocycles. The molecule has 5 nitrogen and oxygen atoms in total. The number of alkyl halides is 3. The molecule has 1 aliphatic heterocycles. The number of rotatable bonds is 8. The van der Waals surface area contributed by atoms with Crippen molar-refractivity contribution >= 4 is 17.3 Å². The van der Waals surface area contributed by atoms with Crippen molar-refractivity contribution in [1.82, 2.24) is 0 Å². The first-order valence-corrected chi connectivity index (χ1v) is 11.4. The second kappa shape index (κ2) is 10.1. The first-order chi connectivity index (χ1) is 16.7. The van der Waals surface area contributed by atoms with Crippen LogP contribution in [0.25, 0.3) is 11.1 Å². The molecule has 0 fully saturated rings. The van der Waals surface area contributed by atoms with Gasteiger partial charge in [0.2, 0.25) is 6.79 Å². The highest BCUT2D eigenvalue weighted by molar-refractivity contribution is 7.10. The number of ether oxygens (including phenoxy) is 4. The van der Waals surface area contributed by atoms with Crippen LogP contribution in [0, 0.1) is 11.6 Å². The minimum atomic E-state index is -4.69. The zero-order chi connectivity index (χ0) is 25.2. The predicted molar refractivity (Wildman–Crippen MR) is 117 cm³/mol. The van der Waals surface area contributed by atoms with Gasteiger partial charge in [0.25, 0.3) is 0 Å². The number of hydrogen-bond donors (Lipinski definition) is 0. The van der Waals surface area contributed by atoms with E-state index in [0.717, 1.165) is 12.1 Å². The number of benzene rings is 2. The highest BCUT2D eigenvalue weighted by Gasteiger charge is 2.37. The van der Waals surface area contributed by atoms with Crippen LogP contribution in [0.2, 0.25) is 0 Å². The highest BCUT2D eigenvalue weighted by atomic mass is 32.1. The molecule has 11 heteroatoms. The molecule has 3 aromatic rings. The van der Waals surface area contributed by atoms with Gasteiger partial charge < -0.3 is 18.9 Å². The lowest BCUT2D eigenvalue weighted by Gasteiger charge is -2.14. The number of hydrogen-bond acceptors (Lipinski definition) is 6. The molecule has 0 radical (unpaired) electrons. The maximum atomic E-state index is 14.6. The number of carbonyl (C=O) groups excluding carboxylic acids is 1. The number of halogens is 5. The molecule has 0 saturated heterocycles. The first-order valence-electron chi connectivity index (χ1n) is 10.5. The summed E-state index contributed by atoms with van der Waals surface area (Å²) < 4.78 is 90.7. The van der Waals surface area contributed by atoms with Gasteiger partial charge in [0.05, 0.1) is 6.61 Å². The summed E-state index contributed by atoms with van der Waals surface area (Å²) in [6, 6.07) is 6.64.